The van der Waals surface area contributed by atoms with Gasteiger partial charge in [-0.1, -0.05) is 24.3 Å². The zero-order valence-electron chi connectivity index (χ0n) is 23.6. The quantitative estimate of drug-likeness (QED) is 0.312. The molecule has 5 N–H and O–H groups in total. The Labute approximate surface area is 240 Å². The van der Waals surface area contributed by atoms with Gasteiger partial charge in [-0.25, -0.2) is 9.59 Å². The van der Waals surface area contributed by atoms with Gasteiger partial charge >= 0.3 is 18.0 Å². The van der Waals surface area contributed by atoms with Gasteiger partial charge in [0.15, 0.2) is 5.78 Å². The Morgan fingerprint density at radius 2 is 1.85 bits per heavy atom. The molecule has 4 amide bonds. The largest absolute Gasteiger partial charge is 0.495 e. The van der Waals surface area contributed by atoms with E-state index in [0.717, 1.165) is 24.9 Å². The van der Waals surface area contributed by atoms with E-state index in [0.29, 0.717) is 48.6 Å². The van der Waals surface area contributed by atoms with E-state index in [1.807, 2.05) is 31.2 Å². The average molecular weight is 566 g/mol. The molecule has 11 heteroatoms. The number of methoxy groups -OCH3 is 1. The predicted octanol–water partition coefficient (Wildman–Crippen LogP) is 3.63. The van der Waals surface area contributed by atoms with Gasteiger partial charge in [0.2, 0.25) is 0 Å². The number of aliphatic carboxylic acids is 1. The van der Waals surface area contributed by atoms with Crippen LogP contribution in [0.5, 0.6) is 5.75 Å². The van der Waals surface area contributed by atoms with Crippen molar-refractivity contribution in [3.8, 4) is 5.75 Å². The van der Waals surface area contributed by atoms with Crippen LogP contribution in [-0.4, -0.2) is 73.2 Å². The molecular formula is C30H39N5O6. The molecule has 2 heterocycles. The highest BCUT2D eigenvalue weighted by molar-refractivity contribution is 6.01. The fourth-order valence-corrected chi connectivity index (χ4v) is 5.46. The fourth-order valence-electron chi connectivity index (χ4n) is 5.46. The van der Waals surface area contributed by atoms with E-state index >= 15 is 0 Å². The summed E-state index contributed by atoms with van der Waals surface area (Å²) < 4.78 is 5.50. The number of carboxylic acids is 1. The molecule has 0 aliphatic carbocycles. The van der Waals surface area contributed by atoms with Gasteiger partial charge in [0.25, 0.3) is 0 Å². The van der Waals surface area contributed by atoms with Gasteiger partial charge in [-0.05, 0) is 74.4 Å². The number of likely N-dealkylation sites (tertiary alicyclic amines) is 1. The summed E-state index contributed by atoms with van der Waals surface area (Å²) in [6.07, 6.45) is 2.90. The smallest absolute Gasteiger partial charge is 0.323 e. The fraction of sp³-hybridized carbons (Fsp3) is 0.467. The number of para-hydroxylation sites is 1. The number of nitrogens with one attached hydrogen (secondary N) is 4. The van der Waals surface area contributed by atoms with Gasteiger partial charge in [0.1, 0.15) is 5.75 Å². The molecule has 0 bridgehead atoms. The third-order valence-corrected chi connectivity index (χ3v) is 7.78. The highest BCUT2D eigenvalue weighted by Gasteiger charge is 2.34. The number of carboxylic acid groups (broad SMARTS) is 1. The monoisotopic (exact) mass is 565 g/mol. The number of piperidine rings is 2. The third kappa shape index (κ3) is 7.97. The molecule has 2 aliphatic rings. The van der Waals surface area contributed by atoms with Crippen molar-refractivity contribution in [3.05, 3.63) is 53.6 Å². The minimum Gasteiger partial charge on any atom is -0.495 e. The van der Waals surface area contributed by atoms with Crippen LogP contribution >= 0.6 is 0 Å². The first-order valence-electron chi connectivity index (χ1n) is 14.1. The van der Waals surface area contributed by atoms with Crippen LogP contribution < -0.4 is 26.0 Å². The second-order valence-corrected chi connectivity index (χ2v) is 10.7. The topological polar surface area (TPSA) is 149 Å². The molecule has 2 aromatic rings. The molecule has 0 saturated carbocycles. The number of ketones is 1. The van der Waals surface area contributed by atoms with Crippen LogP contribution in [0.2, 0.25) is 0 Å². The maximum Gasteiger partial charge on any atom is 0.323 e. The normalized spacial score (nSPS) is 19.5. The van der Waals surface area contributed by atoms with Crippen LogP contribution in [0.3, 0.4) is 0 Å². The van der Waals surface area contributed by atoms with Crippen molar-refractivity contribution in [3.63, 3.8) is 0 Å². The molecule has 3 unspecified atom stereocenters. The van der Waals surface area contributed by atoms with Crippen molar-refractivity contribution < 1.29 is 29.0 Å². The van der Waals surface area contributed by atoms with Crippen molar-refractivity contribution >= 4 is 35.2 Å². The first-order chi connectivity index (χ1) is 19.7. The van der Waals surface area contributed by atoms with Gasteiger partial charge in [0.05, 0.1) is 24.8 Å². The number of anilines is 2. The molecule has 220 valence electrons. The number of urea groups is 2. The minimum absolute atomic E-state index is 0.0608. The van der Waals surface area contributed by atoms with Gasteiger partial charge in [-0.3, -0.25) is 9.59 Å². The van der Waals surface area contributed by atoms with Crippen molar-refractivity contribution in [2.24, 2.45) is 11.8 Å². The van der Waals surface area contributed by atoms with E-state index in [1.54, 1.807) is 18.2 Å². The Kier molecular flexibility index (Phi) is 10.2. The van der Waals surface area contributed by atoms with Crippen LogP contribution in [0.4, 0.5) is 21.0 Å². The number of aryl methyl sites for hydroxylation is 1. The lowest BCUT2D eigenvalue weighted by Crippen LogP contribution is -2.56. The summed E-state index contributed by atoms with van der Waals surface area (Å²) in [6.45, 7) is 3.97. The second-order valence-electron chi connectivity index (χ2n) is 10.7. The number of amides is 4. The second kappa shape index (κ2) is 14.0. The lowest BCUT2D eigenvalue weighted by molar-refractivity contribution is -0.143. The Morgan fingerprint density at radius 1 is 1.07 bits per heavy atom. The predicted molar refractivity (Wildman–Crippen MR) is 155 cm³/mol. The molecule has 0 spiro atoms. The maximum atomic E-state index is 13.6. The zero-order valence-corrected chi connectivity index (χ0v) is 23.6. The molecule has 4 rings (SSSR count). The average Bonchev–Trinajstić information content (AvgIpc) is 2.98. The molecule has 2 aromatic carbocycles. The number of ether oxygens (including phenoxy) is 1. The van der Waals surface area contributed by atoms with E-state index in [1.165, 1.54) is 12.0 Å². The van der Waals surface area contributed by atoms with E-state index < -0.39 is 30.0 Å². The highest BCUT2D eigenvalue weighted by atomic mass is 16.5. The molecule has 11 nitrogen and oxygen atoms in total. The van der Waals surface area contributed by atoms with Crippen molar-refractivity contribution in [1.82, 2.24) is 15.5 Å². The summed E-state index contributed by atoms with van der Waals surface area (Å²) in [7, 11) is 1.49. The van der Waals surface area contributed by atoms with E-state index in [-0.39, 0.29) is 24.7 Å². The van der Waals surface area contributed by atoms with Gasteiger partial charge < -0.3 is 36.0 Å². The first-order valence-corrected chi connectivity index (χ1v) is 14.1. The van der Waals surface area contributed by atoms with E-state index in [9.17, 15) is 24.3 Å². The SMILES string of the molecule is COc1cc(CC(=O)C(NC(=O)N2CCCC(C(=O)O)C2)C2CCCNC2)ccc1NC(=O)Nc1ccccc1C. The Bertz CT molecular complexity index is 1260. The highest BCUT2D eigenvalue weighted by Crippen LogP contribution is 2.27. The number of carbonyl (C=O) groups excluding carboxylic acids is 3. The summed E-state index contributed by atoms with van der Waals surface area (Å²) in [6, 6.07) is 11.1. The number of hydrogen-bond donors (Lipinski definition) is 5. The molecule has 0 radical (unpaired) electrons. The number of rotatable bonds is 9. The van der Waals surface area contributed by atoms with E-state index in [2.05, 4.69) is 21.3 Å². The number of carbonyl (C=O) groups is 4. The summed E-state index contributed by atoms with van der Waals surface area (Å²) >= 11 is 0. The Morgan fingerprint density at radius 3 is 2.56 bits per heavy atom. The van der Waals surface area contributed by atoms with Gasteiger partial charge in [-0.15, -0.1) is 0 Å². The Hall–Kier alpha value is -4.12. The molecule has 2 saturated heterocycles. The molecule has 3 atom stereocenters. The molecular weight excluding hydrogens is 526 g/mol. The third-order valence-electron chi connectivity index (χ3n) is 7.78. The van der Waals surface area contributed by atoms with E-state index in [4.69, 9.17) is 4.74 Å². The summed E-state index contributed by atoms with van der Waals surface area (Å²) in [4.78, 5) is 52.4. The van der Waals surface area contributed by atoms with Crippen molar-refractivity contribution in [1.29, 1.82) is 0 Å². The number of nitrogens with zero attached hydrogens (tertiary/aromatic N) is 1. The van der Waals surface area contributed by atoms with Crippen LogP contribution in [0.25, 0.3) is 0 Å². The molecule has 41 heavy (non-hydrogen) atoms. The number of Topliss-reactive ketones (excluding diaryl/α,β-unsaturated/α-hetero) is 1. The first kappa shape index (κ1) is 29.9. The van der Waals surface area contributed by atoms with Crippen LogP contribution in [0, 0.1) is 18.8 Å². The lowest BCUT2D eigenvalue weighted by atomic mass is 9.87. The molecule has 2 fully saturated rings. The summed E-state index contributed by atoms with van der Waals surface area (Å²) in [5.41, 5.74) is 2.76. The van der Waals surface area contributed by atoms with Crippen LogP contribution in [0.1, 0.15) is 36.8 Å². The molecule has 0 aromatic heterocycles. The standard InChI is InChI=1S/C30H39N5O6/c1-19-7-3-4-10-23(19)32-29(39)33-24-12-11-20(16-26(24)41-2)15-25(36)27(21-8-5-13-31-17-21)34-30(40)35-14-6-9-22(18-35)28(37)38/h3-4,7,10-12,16,21-22,27,31H,5-6,8-9,13-15,17-18H2,1-2H3,(H,34,40)(H,37,38)(H2,32,33,39). The van der Waals surface area contributed by atoms with Crippen molar-refractivity contribution in [2.75, 3.05) is 43.9 Å². The number of hydrogen-bond acceptors (Lipinski definition) is 6. The lowest BCUT2D eigenvalue weighted by Gasteiger charge is -2.35. The van der Waals surface area contributed by atoms with Gasteiger partial charge in [0, 0.05) is 31.7 Å². The molecule has 2 aliphatic heterocycles. The maximum absolute atomic E-state index is 13.6. The summed E-state index contributed by atoms with van der Waals surface area (Å²) in [5.74, 6) is -1.32. The summed E-state index contributed by atoms with van der Waals surface area (Å²) in [5, 5.41) is 21.3. The zero-order chi connectivity index (χ0) is 29.4. The Balaban J connectivity index is 1.44. The number of benzene rings is 2. The van der Waals surface area contributed by atoms with Gasteiger partial charge in [-0.2, -0.15) is 0 Å². The van der Waals surface area contributed by atoms with Crippen LogP contribution in [0.15, 0.2) is 42.5 Å². The minimum atomic E-state index is -0.911. The van der Waals surface area contributed by atoms with Crippen molar-refractivity contribution in [2.45, 2.75) is 45.1 Å². The van der Waals surface area contributed by atoms with Crippen LogP contribution in [-0.2, 0) is 16.0 Å².